The van der Waals surface area contributed by atoms with Crippen molar-refractivity contribution in [3.8, 4) is 0 Å². The van der Waals surface area contributed by atoms with E-state index in [1.165, 1.54) is 12.2 Å². The van der Waals surface area contributed by atoms with E-state index in [1.807, 2.05) is 42.5 Å². The Morgan fingerprint density at radius 1 is 1.13 bits per heavy atom. The molecule has 2 heterocycles. The zero-order valence-corrected chi connectivity index (χ0v) is 12.5. The number of furan rings is 1. The van der Waals surface area contributed by atoms with E-state index in [0.29, 0.717) is 12.5 Å². The molecule has 118 valence electrons. The Labute approximate surface area is 132 Å². The number of rotatable bonds is 6. The SMILES string of the molecule is CON(c1ccccc1)c1nc(N)nc(NCc2ccco2)n1. The van der Waals surface area contributed by atoms with Crippen molar-refractivity contribution in [1.29, 1.82) is 0 Å². The number of nitrogens with one attached hydrogen (secondary N) is 1. The van der Waals surface area contributed by atoms with Crippen LogP contribution in [0, 0.1) is 0 Å². The average Bonchev–Trinajstić information content (AvgIpc) is 3.08. The van der Waals surface area contributed by atoms with Crippen LogP contribution in [0.1, 0.15) is 5.76 Å². The highest BCUT2D eigenvalue weighted by Crippen LogP contribution is 2.23. The third kappa shape index (κ3) is 3.55. The standard InChI is InChI=1S/C15H16N6O2/c1-22-21(11-6-3-2-4-7-11)15-19-13(16)18-14(20-15)17-10-12-8-5-9-23-12/h2-9H,10H2,1H3,(H3,16,17,18,19,20). The summed E-state index contributed by atoms with van der Waals surface area (Å²) in [6.07, 6.45) is 1.60. The summed E-state index contributed by atoms with van der Waals surface area (Å²) in [6.45, 7) is 0.439. The van der Waals surface area contributed by atoms with Gasteiger partial charge < -0.3 is 15.5 Å². The van der Waals surface area contributed by atoms with Crippen LogP contribution in [0.25, 0.3) is 0 Å². The minimum Gasteiger partial charge on any atom is -0.467 e. The fourth-order valence-corrected chi connectivity index (χ4v) is 2.00. The van der Waals surface area contributed by atoms with Crippen LogP contribution in [0.2, 0.25) is 0 Å². The molecule has 0 saturated carbocycles. The first-order chi connectivity index (χ1) is 11.3. The van der Waals surface area contributed by atoms with E-state index >= 15 is 0 Å². The summed E-state index contributed by atoms with van der Waals surface area (Å²) in [5, 5.41) is 4.51. The maximum atomic E-state index is 5.77. The van der Waals surface area contributed by atoms with Gasteiger partial charge in [-0.05, 0) is 24.3 Å². The van der Waals surface area contributed by atoms with Crippen molar-refractivity contribution < 1.29 is 9.25 Å². The van der Waals surface area contributed by atoms with Crippen LogP contribution < -0.4 is 16.1 Å². The van der Waals surface area contributed by atoms with Gasteiger partial charge in [-0.3, -0.25) is 4.84 Å². The lowest BCUT2D eigenvalue weighted by atomic mass is 10.3. The summed E-state index contributed by atoms with van der Waals surface area (Å²) in [5.74, 6) is 1.47. The molecule has 3 aromatic rings. The second-order valence-corrected chi connectivity index (χ2v) is 4.56. The molecule has 0 saturated heterocycles. The number of aromatic nitrogens is 3. The van der Waals surface area contributed by atoms with Gasteiger partial charge in [-0.1, -0.05) is 18.2 Å². The summed E-state index contributed by atoms with van der Waals surface area (Å²) in [4.78, 5) is 17.9. The molecule has 3 rings (SSSR count). The van der Waals surface area contributed by atoms with Crippen molar-refractivity contribution in [2.75, 3.05) is 23.2 Å². The van der Waals surface area contributed by atoms with Gasteiger partial charge in [-0.15, -0.1) is 0 Å². The fourth-order valence-electron chi connectivity index (χ4n) is 2.00. The van der Waals surface area contributed by atoms with Gasteiger partial charge >= 0.3 is 0 Å². The number of benzene rings is 1. The van der Waals surface area contributed by atoms with E-state index in [-0.39, 0.29) is 11.9 Å². The van der Waals surface area contributed by atoms with Crippen molar-refractivity contribution in [1.82, 2.24) is 15.0 Å². The highest BCUT2D eigenvalue weighted by atomic mass is 16.7. The van der Waals surface area contributed by atoms with E-state index in [2.05, 4.69) is 20.3 Å². The largest absolute Gasteiger partial charge is 0.467 e. The van der Waals surface area contributed by atoms with Crippen LogP contribution in [0.4, 0.5) is 23.5 Å². The van der Waals surface area contributed by atoms with Crippen LogP contribution in [-0.4, -0.2) is 22.1 Å². The van der Waals surface area contributed by atoms with Crippen LogP contribution in [-0.2, 0) is 11.4 Å². The first-order valence-corrected chi connectivity index (χ1v) is 6.93. The molecular weight excluding hydrogens is 296 g/mol. The van der Waals surface area contributed by atoms with Crippen molar-refractivity contribution in [3.05, 3.63) is 54.5 Å². The second-order valence-electron chi connectivity index (χ2n) is 4.56. The number of nitrogens with zero attached hydrogens (tertiary/aromatic N) is 4. The highest BCUT2D eigenvalue weighted by Gasteiger charge is 2.14. The fraction of sp³-hybridized carbons (Fsp3) is 0.133. The summed E-state index contributed by atoms with van der Waals surface area (Å²) in [6, 6.07) is 13.1. The normalized spacial score (nSPS) is 10.5. The van der Waals surface area contributed by atoms with E-state index in [4.69, 9.17) is 15.0 Å². The molecule has 8 nitrogen and oxygen atoms in total. The maximum Gasteiger partial charge on any atom is 0.261 e. The summed E-state index contributed by atoms with van der Waals surface area (Å²) >= 11 is 0. The second kappa shape index (κ2) is 6.75. The molecular formula is C15H16N6O2. The summed E-state index contributed by atoms with van der Waals surface area (Å²) in [5.41, 5.74) is 6.55. The Hall–Kier alpha value is -3.13. The van der Waals surface area contributed by atoms with Crippen LogP contribution >= 0.6 is 0 Å². The van der Waals surface area contributed by atoms with Crippen molar-refractivity contribution in [3.63, 3.8) is 0 Å². The quantitative estimate of drug-likeness (QED) is 0.669. The minimum atomic E-state index is 0.0925. The predicted octanol–water partition coefficient (Wildman–Crippen LogP) is 2.36. The number of nitrogen functional groups attached to an aromatic ring is 1. The Bertz CT molecular complexity index is 748. The molecule has 0 spiro atoms. The molecule has 0 fully saturated rings. The van der Waals surface area contributed by atoms with Gasteiger partial charge in [0.15, 0.2) is 0 Å². The monoisotopic (exact) mass is 312 g/mol. The van der Waals surface area contributed by atoms with Crippen LogP contribution in [0.15, 0.2) is 53.1 Å². The lowest BCUT2D eigenvalue weighted by Gasteiger charge is -2.19. The number of para-hydroxylation sites is 1. The van der Waals surface area contributed by atoms with Gasteiger partial charge in [0, 0.05) is 0 Å². The Morgan fingerprint density at radius 2 is 1.96 bits per heavy atom. The van der Waals surface area contributed by atoms with E-state index in [9.17, 15) is 0 Å². The molecule has 0 radical (unpaired) electrons. The molecule has 0 aliphatic rings. The molecule has 8 heteroatoms. The molecule has 0 atom stereocenters. The van der Waals surface area contributed by atoms with Gasteiger partial charge in [-0.25, -0.2) is 0 Å². The van der Waals surface area contributed by atoms with Crippen molar-refractivity contribution in [2.45, 2.75) is 6.54 Å². The Morgan fingerprint density at radius 3 is 2.65 bits per heavy atom. The Kier molecular flexibility index (Phi) is 4.34. The maximum absolute atomic E-state index is 5.77. The number of hydrogen-bond acceptors (Lipinski definition) is 8. The molecule has 0 bridgehead atoms. The van der Waals surface area contributed by atoms with Gasteiger partial charge in [0.05, 0.1) is 25.6 Å². The molecule has 0 aliphatic heterocycles. The van der Waals surface area contributed by atoms with E-state index in [0.717, 1.165) is 11.4 Å². The predicted molar refractivity (Wildman–Crippen MR) is 85.9 cm³/mol. The molecule has 3 N–H and O–H groups in total. The topological polar surface area (TPSA) is 102 Å². The van der Waals surface area contributed by atoms with Crippen molar-refractivity contribution >= 4 is 23.5 Å². The van der Waals surface area contributed by atoms with Gasteiger partial charge in [0.2, 0.25) is 11.9 Å². The van der Waals surface area contributed by atoms with Crippen LogP contribution in [0.5, 0.6) is 0 Å². The molecule has 23 heavy (non-hydrogen) atoms. The zero-order chi connectivity index (χ0) is 16.1. The first-order valence-electron chi connectivity index (χ1n) is 6.93. The molecule has 2 aromatic heterocycles. The average molecular weight is 312 g/mol. The van der Waals surface area contributed by atoms with Gasteiger partial charge in [-0.2, -0.15) is 20.0 Å². The summed E-state index contributed by atoms with van der Waals surface area (Å²) in [7, 11) is 1.53. The number of hydrogen-bond donors (Lipinski definition) is 2. The minimum absolute atomic E-state index is 0.0925. The van der Waals surface area contributed by atoms with Gasteiger partial charge in [0.1, 0.15) is 5.76 Å². The Balaban J connectivity index is 1.84. The first kappa shape index (κ1) is 14.8. The number of nitrogens with two attached hydrogens (primary N) is 1. The van der Waals surface area contributed by atoms with E-state index in [1.54, 1.807) is 6.26 Å². The lowest BCUT2D eigenvalue weighted by Crippen LogP contribution is -2.20. The lowest BCUT2D eigenvalue weighted by molar-refractivity contribution is 0.197. The molecule has 0 aliphatic carbocycles. The third-order valence-electron chi connectivity index (χ3n) is 3.00. The molecule has 0 amide bonds. The zero-order valence-electron chi connectivity index (χ0n) is 12.5. The smallest absolute Gasteiger partial charge is 0.261 e. The summed E-state index contributed by atoms with van der Waals surface area (Å²) < 4.78 is 5.25. The third-order valence-corrected chi connectivity index (χ3v) is 3.00. The van der Waals surface area contributed by atoms with Crippen molar-refractivity contribution in [2.24, 2.45) is 0 Å². The molecule has 0 unspecified atom stereocenters. The highest BCUT2D eigenvalue weighted by molar-refractivity contribution is 5.55. The van der Waals surface area contributed by atoms with Gasteiger partial charge in [0.25, 0.3) is 5.95 Å². The molecule has 1 aromatic carbocycles. The van der Waals surface area contributed by atoms with E-state index < -0.39 is 0 Å². The van der Waals surface area contributed by atoms with Crippen LogP contribution in [0.3, 0.4) is 0 Å². The number of anilines is 4.